The van der Waals surface area contributed by atoms with Crippen LogP contribution in [0.5, 0.6) is 0 Å². The van der Waals surface area contributed by atoms with E-state index in [4.69, 9.17) is 4.74 Å². The molecule has 0 bridgehead atoms. The molecule has 1 N–H and O–H groups in total. The lowest BCUT2D eigenvalue weighted by atomic mass is 10.0. The lowest BCUT2D eigenvalue weighted by molar-refractivity contribution is 0.0816. The van der Waals surface area contributed by atoms with Crippen molar-refractivity contribution in [1.29, 1.82) is 0 Å². The van der Waals surface area contributed by atoms with Gasteiger partial charge in [-0.15, -0.1) is 0 Å². The fourth-order valence-corrected chi connectivity index (χ4v) is 2.23. The first kappa shape index (κ1) is 17.1. The number of methoxy groups -OCH3 is 1. The summed E-state index contributed by atoms with van der Waals surface area (Å²) < 4.78 is 19.2. The van der Waals surface area contributed by atoms with Gasteiger partial charge in [-0.3, -0.25) is 4.90 Å². The smallest absolute Gasteiger partial charge is 0.127 e. The molecule has 1 aromatic rings. The van der Waals surface area contributed by atoms with Gasteiger partial charge >= 0.3 is 0 Å². The predicted molar refractivity (Wildman–Crippen MR) is 81.4 cm³/mol. The van der Waals surface area contributed by atoms with E-state index in [2.05, 4.69) is 24.1 Å². The van der Waals surface area contributed by atoms with Crippen LogP contribution >= 0.6 is 0 Å². The SMILES string of the molecule is COCC(CNC(C)C)N(C)C(C)c1ccccc1F. The molecule has 0 aliphatic carbocycles. The Morgan fingerprint density at radius 2 is 1.90 bits per heavy atom. The molecule has 0 spiro atoms. The lowest BCUT2D eigenvalue weighted by Gasteiger charge is -2.34. The number of benzene rings is 1. The van der Waals surface area contributed by atoms with Gasteiger partial charge in [0.15, 0.2) is 0 Å². The van der Waals surface area contributed by atoms with Gasteiger partial charge < -0.3 is 10.1 Å². The van der Waals surface area contributed by atoms with E-state index in [1.165, 1.54) is 6.07 Å². The number of nitrogens with zero attached hydrogens (tertiary/aromatic N) is 1. The second kappa shape index (κ2) is 8.35. The first-order chi connectivity index (χ1) is 9.47. The van der Waals surface area contributed by atoms with Crippen molar-refractivity contribution in [3.63, 3.8) is 0 Å². The van der Waals surface area contributed by atoms with Gasteiger partial charge in [-0.05, 0) is 20.0 Å². The van der Waals surface area contributed by atoms with E-state index in [0.717, 1.165) is 12.1 Å². The van der Waals surface area contributed by atoms with E-state index < -0.39 is 0 Å². The number of likely N-dealkylation sites (N-methyl/N-ethyl adjacent to an activating group) is 1. The maximum absolute atomic E-state index is 13.9. The molecule has 20 heavy (non-hydrogen) atoms. The molecule has 0 saturated heterocycles. The lowest BCUT2D eigenvalue weighted by Crippen LogP contribution is -2.45. The molecule has 114 valence electrons. The van der Waals surface area contributed by atoms with Crippen LogP contribution in [-0.4, -0.2) is 44.3 Å². The van der Waals surface area contributed by atoms with Crippen LogP contribution < -0.4 is 5.32 Å². The van der Waals surface area contributed by atoms with E-state index in [-0.39, 0.29) is 17.9 Å². The summed E-state index contributed by atoms with van der Waals surface area (Å²) in [5.41, 5.74) is 0.723. The van der Waals surface area contributed by atoms with Crippen molar-refractivity contribution in [2.45, 2.75) is 38.9 Å². The summed E-state index contributed by atoms with van der Waals surface area (Å²) in [7, 11) is 3.72. The van der Waals surface area contributed by atoms with Gasteiger partial charge in [0.2, 0.25) is 0 Å². The quantitative estimate of drug-likeness (QED) is 0.793. The standard InChI is InChI=1S/C16H27FN2O/c1-12(2)18-10-14(11-20-5)19(4)13(3)15-8-6-7-9-16(15)17/h6-9,12-14,18H,10-11H2,1-5H3. The highest BCUT2D eigenvalue weighted by Crippen LogP contribution is 2.23. The third-order valence-electron chi connectivity index (χ3n) is 3.66. The molecule has 0 aromatic heterocycles. The topological polar surface area (TPSA) is 24.5 Å². The third kappa shape index (κ3) is 4.85. The summed E-state index contributed by atoms with van der Waals surface area (Å²) in [5.74, 6) is -0.153. The highest BCUT2D eigenvalue weighted by atomic mass is 19.1. The highest BCUT2D eigenvalue weighted by Gasteiger charge is 2.22. The minimum absolute atomic E-state index is 0.00492. The zero-order chi connectivity index (χ0) is 15.1. The second-order valence-electron chi connectivity index (χ2n) is 5.54. The monoisotopic (exact) mass is 282 g/mol. The predicted octanol–water partition coefficient (Wildman–Crippen LogP) is 2.83. The number of halogens is 1. The van der Waals surface area contributed by atoms with Gasteiger partial charge in [0.05, 0.1) is 6.61 Å². The maximum atomic E-state index is 13.9. The summed E-state index contributed by atoms with van der Waals surface area (Å²) in [5, 5.41) is 3.42. The van der Waals surface area contributed by atoms with E-state index in [9.17, 15) is 4.39 Å². The summed E-state index contributed by atoms with van der Waals surface area (Å²) in [6.07, 6.45) is 0. The van der Waals surface area contributed by atoms with Crippen molar-refractivity contribution in [3.05, 3.63) is 35.6 Å². The van der Waals surface area contributed by atoms with Gasteiger partial charge in [0.25, 0.3) is 0 Å². The Kier molecular flexibility index (Phi) is 7.13. The molecule has 0 amide bonds. The van der Waals surface area contributed by atoms with E-state index in [0.29, 0.717) is 12.6 Å². The molecule has 0 saturated carbocycles. The zero-order valence-corrected chi connectivity index (χ0v) is 13.2. The molecule has 4 heteroatoms. The fraction of sp³-hybridized carbons (Fsp3) is 0.625. The molecule has 2 unspecified atom stereocenters. The van der Waals surface area contributed by atoms with Gasteiger partial charge in [-0.1, -0.05) is 32.0 Å². The molecule has 0 fully saturated rings. The van der Waals surface area contributed by atoms with Crippen molar-refractivity contribution in [1.82, 2.24) is 10.2 Å². The Hall–Kier alpha value is -0.970. The normalized spacial score (nSPS) is 14.8. The summed E-state index contributed by atoms with van der Waals surface area (Å²) in [4.78, 5) is 2.16. The molecular formula is C16H27FN2O. The average molecular weight is 282 g/mol. The van der Waals surface area contributed by atoms with Crippen LogP contribution in [0.25, 0.3) is 0 Å². The van der Waals surface area contributed by atoms with Crippen LogP contribution in [0.2, 0.25) is 0 Å². The molecule has 3 nitrogen and oxygen atoms in total. The largest absolute Gasteiger partial charge is 0.383 e. The van der Waals surface area contributed by atoms with Gasteiger partial charge in [0.1, 0.15) is 5.82 Å². The molecule has 0 radical (unpaired) electrons. The van der Waals surface area contributed by atoms with Crippen molar-refractivity contribution in [3.8, 4) is 0 Å². The van der Waals surface area contributed by atoms with Crippen LogP contribution in [-0.2, 0) is 4.74 Å². The third-order valence-corrected chi connectivity index (χ3v) is 3.66. The molecule has 1 aromatic carbocycles. The number of nitrogens with one attached hydrogen (secondary N) is 1. The maximum Gasteiger partial charge on any atom is 0.127 e. The Morgan fingerprint density at radius 1 is 1.25 bits per heavy atom. The van der Waals surface area contributed by atoms with Gasteiger partial charge in [-0.25, -0.2) is 4.39 Å². The Morgan fingerprint density at radius 3 is 2.45 bits per heavy atom. The van der Waals surface area contributed by atoms with E-state index >= 15 is 0 Å². The average Bonchev–Trinajstić information content (AvgIpc) is 2.42. The van der Waals surface area contributed by atoms with Crippen molar-refractivity contribution in [2.75, 3.05) is 27.3 Å². The number of ether oxygens (including phenoxy) is 1. The minimum Gasteiger partial charge on any atom is -0.383 e. The highest BCUT2D eigenvalue weighted by molar-refractivity contribution is 5.20. The zero-order valence-electron chi connectivity index (χ0n) is 13.2. The molecule has 0 aliphatic heterocycles. The number of hydrogen-bond donors (Lipinski definition) is 1. The van der Waals surface area contributed by atoms with Crippen LogP contribution in [0.4, 0.5) is 4.39 Å². The van der Waals surface area contributed by atoms with Gasteiger partial charge in [0, 0.05) is 37.3 Å². The fourth-order valence-electron chi connectivity index (χ4n) is 2.23. The summed E-state index contributed by atoms with van der Waals surface area (Å²) in [6, 6.07) is 7.58. The van der Waals surface area contributed by atoms with E-state index in [1.54, 1.807) is 13.2 Å². The molecule has 1 rings (SSSR count). The summed E-state index contributed by atoms with van der Waals surface area (Å²) >= 11 is 0. The molecule has 0 heterocycles. The molecular weight excluding hydrogens is 255 g/mol. The number of rotatable bonds is 8. The molecule has 0 aliphatic rings. The van der Waals surface area contributed by atoms with Crippen LogP contribution in [0.1, 0.15) is 32.4 Å². The first-order valence-electron chi connectivity index (χ1n) is 7.16. The van der Waals surface area contributed by atoms with Crippen molar-refractivity contribution in [2.24, 2.45) is 0 Å². The van der Waals surface area contributed by atoms with E-state index in [1.807, 2.05) is 26.1 Å². The summed E-state index contributed by atoms with van der Waals surface area (Å²) in [6.45, 7) is 7.70. The Balaban J connectivity index is 2.77. The second-order valence-corrected chi connectivity index (χ2v) is 5.54. The Bertz CT molecular complexity index is 398. The minimum atomic E-state index is -0.153. The van der Waals surface area contributed by atoms with Crippen molar-refractivity contribution < 1.29 is 9.13 Å². The first-order valence-corrected chi connectivity index (χ1v) is 7.16. The van der Waals surface area contributed by atoms with Gasteiger partial charge in [-0.2, -0.15) is 0 Å². The molecule has 2 atom stereocenters. The van der Waals surface area contributed by atoms with Crippen LogP contribution in [0, 0.1) is 5.82 Å². The van der Waals surface area contributed by atoms with Crippen LogP contribution in [0.15, 0.2) is 24.3 Å². The van der Waals surface area contributed by atoms with Crippen molar-refractivity contribution >= 4 is 0 Å². The Labute approximate surface area is 122 Å². The number of hydrogen-bond acceptors (Lipinski definition) is 3. The van der Waals surface area contributed by atoms with Crippen LogP contribution in [0.3, 0.4) is 0 Å².